The summed E-state index contributed by atoms with van der Waals surface area (Å²) in [6, 6.07) is 7.26. The summed E-state index contributed by atoms with van der Waals surface area (Å²) in [7, 11) is 0. The first-order valence-corrected chi connectivity index (χ1v) is 6.05. The topological polar surface area (TPSA) is 61.7 Å². The van der Waals surface area contributed by atoms with E-state index in [1.54, 1.807) is 13.0 Å². The zero-order chi connectivity index (χ0) is 13.7. The molecule has 0 aliphatic carbocycles. The van der Waals surface area contributed by atoms with Crippen LogP contribution in [0, 0.1) is 11.8 Å². The summed E-state index contributed by atoms with van der Waals surface area (Å²) in [6.07, 6.45) is 0. The lowest BCUT2D eigenvalue weighted by Gasteiger charge is -2.15. The van der Waals surface area contributed by atoms with E-state index < -0.39 is 0 Å². The first-order valence-electron chi connectivity index (χ1n) is 6.05. The van der Waals surface area contributed by atoms with E-state index >= 15 is 0 Å². The number of rotatable bonds is 4. The molecular weight excluding hydrogens is 228 g/mol. The van der Waals surface area contributed by atoms with Crippen LogP contribution < -0.4 is 5.32 Å². The van der Waals surface area contributed by atoms with E-state index in [-0.39, 0.29) is 11.8 Å². The Morgan fingerprint density at radius 2 is 2.00 bits per heavy atom. The number of oxime groups is 1. The molecule has 4 heteroatoms. The lowest BCUT2D eigenvalue weighted by atomic mass is 9.97. The molecule has 18 heavy (non-hydrogen) atoms. The average Bonchev–Trinajstić information content (AvgIpc) is 2.36. The molecule has 0 spiro atoms. The van der Waals surface area contributed by atoms with Gasteiger partial charge in [-0.3, -0.25) is 4.79 Å². The van der Waals surface area contributed by atoms with E-state index in [1.807, 2.05) is 39.0 Å². The van der Waals surface area contributed by atoms with Crippen LogP contribution in [-0.4, -0.2) is 16.8 Å². The minimum Gasteiger partial charge on any atom is -0.411 e. The smallest absolute Gasteiger partial charge is 0.227 e. The first kappa shape index (κ1) is 14.2. The molecular formula is C14H20N2O2. The fraction of sp³-hybridized carbons (Fsp3) is 0.429. The molecule has 0 aromatic heterocycles. The van der Waals surface area contributed by atoms with Gasteiger partial charge in [0.2, 0.25) is 5.91 Å². The van der Waals surface area contributed by atoms with Crippen LogP contribution in [0.3, 0.4) is 0 Å². The van der Waals surface area contributed by atoms with E-state index in [9.17, 15) is 4.79 Å². The van der Waals surface area contributed by atoms with E-state index in [1.165, 1.54) is 0 Å². The molecule has 0 aliphatic rings. The van der Waals surface area contributed by atoms with Crippen molar-refractivity contribution in [2.24, 2.45) is 17.0 Å². The third kappa shape index (κ3) is 3.58. The first-order chi connectivity index (χ1) is 8.45. The van der Waals surface area contributed by atoms with Crippen molar-refractivity contribution in [2.45, 2.75) is 27.7 Å². The number of carbonyl (C=O) groups excluding carboxylic acids is 1. The third-order valence-electron chi connectivity index (χ3n) is 3.11. The fourth-order valence-electron chi connectivity index (χ4n) is 1.44. The van der Waals surface area contributed by atoms with Crippen molar-refractivity contribution in [3.05, 3.63) is 29.8 Å². The highest BCUT2D eigenvalue weighted by Crippen LogP contribution is 2.16. The van der Waals surface area contributed by atoms with Gasteiger partial charge in [0.1, 0.15) is 0 Å². The molecule has 0 saturated carbocycles. The minimum absolute atomic E-state index is 0.000685. The SMILES string of the molecule is CC(=NO)c1cccc(NC(=O)C(C)C(C)C)c1. The Morgan fingerprint density at radius 1 is 1.33 bits per heavy atom. The molecule has 0 bridgehead atoms. The molecule has 1 aromatic carbocycles. The molecule has 0 fully saturated rings. The van der Waals surface area contributed by atoms with Gasteiger partial charge in [-0.25, -0.2) is 0 Å². The van der Waals surface area contributed by atoms with E-state index in [0.717, 1.165) is 5.56 Å². The van der Waals surface area contributed by atoms with Crippen molar-refractivity contribution in [3.8, 4) is 0 Å². The largest absolute Gasteiger partial charge is 0.411 e. The van der Waals surface area contributed by atoms with E-state index in [4.69, 9.17) is 5.21 Å². The average molecular weight is 248 g/mol. The van der Waals surface area contributed by atoms with Gasteiger partial charge < -0.3 is 10.5 Å². The maximum absolute atomic E-state index is 11.9. The van der Waals surface area contributed by atoms with Gasteiger partial charge in [-0.15, -0.1) is 0 Å². The minimum atomic E-state index is -0.0405. The second kappa shape index (κ2) is 6.19. The summed E-state index contributed by atoms with van der Waals surface area (Å²) < 4.78 is 0. The summed E-state index contributed by atoms with van der Waals surface area (Å²) in [5.41, 5.74) is 2.02. The summed E-state index contributed by atoms with van der Waals surface area (Å²) in [6.45, 7) is 7.65. The van der Waals surface area contributed by atoms with Gasteiger partial charge in [0.05, 0.1) is 5.71 Å². The van der Waals surface area contributed by atoms with Gasteiger partial charge in [-0.2, -0.15) is 0 Å². The highest BCUT2D eigenvalue weighted by Gasteiger charge is 2.16. The maximum Gasteiger partial charge on any atom is 0.227 e. The summed E-state index contributed by atoms with van der Waals surface area (Å²) in [4.78, 5) is 11.9. The van der Waals surface area contributed by atoms with Gasteiger partial charge in [0.25, 0.3) is 0 Å². The van der Waals surface area contributed by atoms with Crippen LogP contribution in [-0.2, 0) is 4.79 Å². The monoisotopic (exact) mass is 248 g/mol. The number of nitrogens with zero attached hydrogens (tertiary/aromatic N) is 1. The van der Waals surface area contributed by atoms with Crippen LogP contribution in [0.25, 0.3) is 0 Å². The highest BCUT2D eigenvalue weighted by molar-refractivity contribution is 6.00. The molecule has 98 valence electrons. The van der Waals surface area contributed by atoms with Crippen molar-refractivity contribution in [2.75, 3.05) is 5.32 Å². The van der Waals surface area contributed by atoms with Gasteiger partial charge in [0.15, 0.2) is 0 Å². The predicted octanol–water partition coefficient (Wildman–Crippen LogP) is 3.12. The van der Waals surface area contributed by atoms with Crippen molar-refractivity contribution >= 4 is 17.3 Å². The molecule has 4 nitrogen and oxygen atoms in total. The van der Waals surface area contributed by atoms with Gasteiger partial charge >= 0.3 is 0 Å². The summed E-state index contributed by atoms with van der Waals surface area (Å²) >= 11 is 0. The Morgan fingerprint density at radius 3 is 2.56 bits per heavy atom. The van der Waals surface area contributed by atoms with Gasteiger partial charge in [-0.05, 0) is 25.0 Å². The van der Waals surface area contributed by atoms with E-state index in [2.05, 4.69) is 10.5 Å². The maximum atomic E-state index is 11.9. The molecule has 1 unspecified atom stereocenters. The predicted molar refractivity (Wildman–Crippen MR) is 73.1 cm³/mol. The van der Waals surface area contributed by atoms with Crippen LogP contribution in [0.5, 0.6) is 0 Å². The number of hydrogen-bond acceptors (Lipinski definition) is 3. The Kier molecular flexibility index (Phi) is 4.89. The lowest BCUT2D eigenvalue weighted by Crippen LogP contribution is -2.24. The fourth-order valence-corrected chi connectivity index (χ4v) is 1.44. The van der Waals surface area contributed by atoms with Crippen molar-refractivity contribution in [1.82, 2.24) is 0 Å². The molecule has 1 amide bonds. The number of anilines is 1. The zero-order valence-corrected chi connectivity index (χ0v) is 11.3. The normalized spacial score (nSPS) is 13.5. The van der Waals surface area contributed by atoms with Gasteiger partial charge in [-0.1, -0.05) is 38.1 Å². The number of carbonyl (C=O) groups is 1. The molecule has 1 aromatic rings. The number of amides is 1. The number of hydrogen-bond donors (Lipinski definition) is 2. The van der Waals surface area contributed by atoms with Crippen molar-refractivity contribution < 1.29 is 10.0 Å². The van der Waals surface area contributed by atoms with Crippen molar-refractivity contribution in [3.63, 3.8) is 0 Å². The van der Waals surface area contributed by atoms with Crippen LogP contribution in [0.4, 0.5) is 5.69 Å². The molecule has 2 N–H and O–H groups in total. The zero-order valence-electron chi connectivity index (χ0n) is 11.3. The third-order valence-corrected chi connectivity index (χ3v) is 3.11. The van der Waals surface area contributed by atoms with Crippen LogP contribution in [0.15, 0.2) is 29.4 Å². The molecule has 1 rings (SSSR count). The lowest BCUT2D eigenvalue weighted by molar-refractivity contribution is -0.120. The molecule has 0 saturated heterocycles. The standard InChI is InChI=1S/C14H20N2O2/c1-9(2)10(3)14(17)15-13-7-5-6-12(8-13)11(4)16-18/h5-10,18H,1-4H3,(H,15,17). The number of nitrogens with one attached hydrogen (secondary N) is 1. The van der Waals surface area contributed by atoms with Crippen LogP contribution in [0.2, 0.25) is 0 Å². The molecule has 0 radical (unpaired) electrons. The number of benzene rings is 1. The summed E-state index contributed by atoms with van der Waals surface area (Å²) in [5.74, 6) is 0.260. The molecule has 0 heterocycles. The molecule has 1 atom stereocenters. The van der Waals surface area contributed by atoms with Crippen LogP contribution >= 0.6 is 0 Å². The Balaban J connectivity index is 2.83. The molecule has 0 aliphatic heterocycles. The van der Waals surface area contributed by atoms with Gasteiger partial charge in [0, 0.05) is 17.2 Å². The Labute approximate surface area is 108 Å². The highest BCUT2D eigenvalue weighted by atomic mass is 16.4. The summed E-state index contributed by atoms with van der Waals surface area (Å²) in [5, 5.41) is 14.7. The van der Waals surface area contributed by atoms with Crippen molar-refractivity contribution in [1.29, 1.82) is 0 Å². The van der Waals surface area contributed by atoms with E-state index in [0.29, 0.717) is 17.3 Å². The second-order valence-electron chi connectivity index (χ2n) is 4.79. The quantitative estimate of drug-likeness (QED) is 0.488. The van der Waals surface area contributed by atoms with Crippen LogP contribution in [0.1, 0.15) is 33.3 Å². The Hall–Kier alpha value is -1.84. The second-order valence-corrected chi connectivity index (χ2v) is 4.79. The Bertz CT molecular complexity index is 453.